The van der Waals surface area contributed by atoms with Gasteiger partial charge in [-0.25, -0.2) is 0 Å². The predicted octanol–water partition coefficient (Wildman–Crippen LogP) is 2.57. The summed E-state index contributed by atoms with van der Waals surface area (Å²) in [7, 11) is 0. The van der Waals surface area contributed by atoms with E-state index in [4.69, 9.17) is 4.74 Å². The van der Waals surface area contributed by atoms with Crippen LogP contribution in [0, 0.1) is 5.92 Å². The quantitative estimate of drug-likeness (QED) is 0.236. The van der Waals surface area contributed by atoms with Crippen molar-refractivity contribution < 1.29 is 4.74 Å². The molecule has 0 unspecified atom stereocenters. The SMILES string of the molecule is CCNC(=NCCCc1nnc(SC)n1CC(C)C)NCCCOCC. The zero-order valence-corrected chi connectivity index (χ0v) is 17.9. The van der Waals surface area contributed by atoms with Crippen molar-refractivity contribution in [3.8, 4) is 0 Å². The third-order valence-corrected chi connectivity index (χ3v) is 4.33. The summed E-state index contributed by atoms with van der Waals surface area (Å²) < 4.78 is 7.60. The topological polar surface area (TPSA) is 76.4 Å². The lowest BCUT2D eigenvalue weighted by molar-refractivity contribution is 0.145. The zero-order valence-electron chi connectivity index (χ0n) is 17.0. The third-order valence-electron chi connectivity index (χ3n) is 3.66. The molecule has 0 bridgehead atoms. The summed E-state index contributed by atoms with van der Waals surface area (Å²) >= 11 is 1.66. The first kappa shape index (κ1) is 22.8. The van der Waals surface area contributed by atoms with Crippen molar-refractivity contribution in [3.05, 3.63) is 5.82 Å². The second kappa shape index (κ2) is 13.9. The van der Waals surface area contributed by atoms with Gasteiger partial charge < -0.3 is 19.9 Å². The Morgan fingerprint density at radius 2 is 2.04 bits per heavy atom. The molecule has 0 radical (unpaired) electrons. The molecule has 1 aromatic heterocycles. The molecule has 0 aliphatic rings. The first-order chi connectivity index (χ1) is 12.6. The zero-order chi connectivity index (χ0) is 19.2. The molecule has 0 aliphatic heterocycles. The molecule has 0 saturated heterocycles. The summed E-state index contributed by atoms with van der Waals surface area (Å²) in [5, 5.41) is 16.3. The highest BCUT2D eigenvalue weighted by molar-refractivity contribution is 7.98. The Morgan fingerprint density at radius 3 is 2.69 bits per heavy atom. The molecule has 0 saturated carbocycles. The van der Waals surface area contributed by atoms with E-state index >= 15 is 0 Å². The molecule has 0 fully saturated rings. The molecular weight excluding hydrogens is 348 g/mol. The van der Waals surface area contributed by atoms with Crippen LogP contribution in [0.15, 0.2) is 10.1 Å². The first-order valence-electron chi connectivity index (χ1n) is 9.68. The second-order valence-corrected chi connectivity index (χ2v) is 7.22. The van der Waals surface area contributed by atoms with Crippen LogP contribution in [0.3, 0.4) is 0 Å². The van der Waals surface area contributed by atoms with Gasteiger partial charge in [0, 0.05) is 45.8 Å². The van der Waals surface area contributed by atoms with Crippen LogP contribution in [-0.4, -0.2) is 59.8 Å². The molecule has 2 N–H and O–H groups in total. The standard InChI is InChI=1S/C18H36N6OS/c1-6-19-17(21-12-9-13-25-7-2)20-11-8-10-16-22-23-18(26-5)24(16)14-15(3)4/h15H,6-14H2,1-5H3,(H2,19,20,21). The molecule has 1 rings (SSSR count). The highest BCUT2D eigenvalue weighted by Gasteiger charge is 2.12. The lowest BCUT2D eigenvalue weighted by Crippen LogP contribution is -2.38. The van der Waals surface area contributed by atoms with Crippen LogP contribution in [0.5, 0.6) is 0 Å². The minimum atomic E-state index is 0.579. The maximum absolute atomic E-state index is 5.36. The van der Waals surface area contributed by atoms with Gasteiger partial charge in [0.2, 0.25) is 0 Å². The van der Waals surface area contributed by atoms with Crippen LogP contribution >= 0.6 is 11.8 Å². The summed E-state index contributed by atoms with van der Waals surface area (Å²) in [6.07, 6.45) is 4.89. The lowest BCUT2D eigenvalue weighted by atomic mass is 10.2. The number of rotatable bonds is 13. The van der Waals surface area contributed by atoms with Crippen molar-refractivity contribution in [2.75, 3.05) is 39.1 Å². The summed E-state index contributed by atoms with van der Waals surface area (Å²) in [5.41, 5.74) is 0. The Hall–Kier alpha value is -1.28. The Morgan fingerprint density at radius 1 is 1.23 bits per heavy atom. The average Bonchev–Trinajstić information content (AvgIpc) is 2.99. The Balaban J connectivity index is 2.46. The molecule has 0 aromatic carbocycles. The number of nitrogens with one attached hydrogen (secondary N) is 2. The second-order valence-electron chi connectivity index (χ2n) is 6.45. The fraction of sp³-hybridized carbons (Fsp3) is 0.833. The molecular formula is C18H36N6OS. The van der Waals surface area contributed by atoms with E-state index in [2.05, 4.69) is 57.4 Å². The fourth-order valence-corrected chi connectivity index (χ4v) is 3.02. The van der Waals surface area contributed by atoms with Gasteiger partial charge in [0.25, 0.3) is 0 Å². The van der Waals surface area contributed by atoms with E-state index in [1.54, 1.807) is 11.8 Å². The normalized spacial score (nSPS) is 12.0. The number of nitrogens with zero attached hydrogens (tertiary/aromatic N) is 4. The largest absolute Gasteiger partial charge is 0.382 e. The molecule has 0 amide bonds. The van der Waals surface area contributed by atoms with Crippen LogP contribution in [0.2, 0.25) is 0 Å². The van der Waals surface area contributed by atoms with Crippen molar-refractivity contribution in [2.45, 2.75) is 58.7 Å². The van der Waals surface area contributed by atoms with Gasteiger partial charge in [-0.05, 0) is 38.9 Å². The number of hydrogen-bond donors (Lipinski definition) is 2. The molecule has 0 atom stereocenters. The van der Waals surface area contributed by atoms with Gasteiger partial charge >= 0.3 is 0 Å². The maximum Gasteiger partial charge on any atom is 0.191 e. The number of hydrogen-bond acceptors (Lipinski definition) is 5. The average molecular weight is 385 g/mol. The van der Waals surface area contributed by atoms with E-state index in [-0.39, 0.29) is 0 Å². The van der Waals surface area contributed by atoms with E-state index < -0.39 is 0 Å². The van der Waals surface area contributed by atoms with Crippen molar-refractivity contribution in [1.29, 1.82) is 0 Å². The highest BCUT2D eigenvalue weighted by Crippen LogP contribution is 2.16. The molecule has 0 aliphatic carbocycles. The molecule has 7 nitrogen and oxygen atoms in total. The lowest BCUT2D eigenvalue weighted by Gasteiger charge is -2.12. The number of thioether (sulfide) groups is 1. The van der Waals surface area contributed by atoms with Gasteiger partial charge in [-0.1, -0.05) is 25.6 Å². The summed E-state index contributed by atoms with van der Waals surface area (Å²) in [6.45, 7) is 13.5. The minimum Gasteiger partial charge on any atom is -0.382 e. The smallest absolute Gasteiger partial charge is 0.191 e. The van der Waals surface area contributed by atoms with Gasteiger partial charge in [0.15, 0.2) is 11.1 Å². The molecule has 150 valence electrons. The maximum atomic E-state index is 5.36. The van der Waals surface area contributed by atoms with Gasteiger partial charge in [-0.2, -0.15) is 0 Å². The first-order valence-corrected chi connectivity index (χ1v) is 10.9. The van der Waals surface area contributed by atoms with Crippen LogP contribution in [0.4, 0.5) is 0 Å². The van der Waals surface area contributed by atoms with Crippen LogP contribution in [0.1, 0.15) is 46.4 Å². The number of ether oxygens (including phenoxy) is 1. The molecule has 26 heavy (non-hydrogen) atoms. The Bertz CT molecular complexity index is 518. The molecule has 1 aromatic rings. The minimum absolute atomic E-state index is 0.579. The van der Waals surface area contributed by atoms with E-state index in [9.17, 15) is 0 Å². The van der Waals surface area contributed by atoms with Gasteiger partial charge in [0.1, 0.15) is 5.82 Å². The Kier molecular flexibility index (Phi) is 12.1. The summed E-state index contributed by atoms with van der Waals surface area (Å²) in [6, 6.07) is 0. The van der Waals surface area contributed by atoms with Gasteiger partial charge in [-0.3, -0.25) is 4.99 Å². The van der Waals surface area contributed by atoms with E-state index in [1.807, 2.05) is 6.92 Å². The number of guanidine groups is 1. The summed E-state index contributed by atoms with van der Waals surface area (Å²) in [5.74, 6) is 2.51. The molecule has 1 heterocycles. The number of aromatic nitrogens is 3. The molecule has 8 heteroatoms. The van der Waals surface area contributed by atoms with Crippen LogP contribution in [0.25, 0.3) is 0 Å². The van der Waals surface area contributed by atoms with Crippen molar-refractivity contribution in [1.82, 2.24) is 25.4 Å². The van der Waals surface area contributed by atoms with E-state index in [0.717, 1.165) is 75.6 Å². The van der Waals surface area contributed by atoms with E-state index in [1.165, 1.54) is 0 Å². The van der Waals surface area contributed by atoms with E-state index in [0.29, 0.717) is 5.92 Å². The fourth-order valence-electron chi connectivity index (χ4n) is 2.50. The number of aliphatic imine (C=N–C) groups is 1. The van der Waals surface area contributed by atoms with Crippen LogP contribution in [-0.2, 0) is 17.7 Å². The number of aryl methyl sites for hydroxylation is 1. The highest BCUT2D eigenvalue weighted by atomic mass is 32.2. The van der Waals surface area contributed by atoms with Crippen LogP contribution < -0.4 is 10.6 Å². The van der Waals surface area contributed by atoms with Crippen molar-refractivity contribution >= 4 is 17.7 Å². The third kappa shape index (κ3) is 8.89. The Labute approximate surface area is 162 Å². The van der Waals surface area contributed by atoms with Crippen molar-refractivity contribution in [3.63, 3.8) is 0 Å². The van der Waals surface area contributed by atoms with Gasteiger partial charge in [0.05, 0.1) is 0 Å². The predicted molar refractivity (Wildman–Crippen MR) is 110 cm³/mol. The monoisotopic (exact) mass is 384 g/mol. The van der Waals surface area contributed by atoms with Crippen molar-refractivity contribution in [2.24, 2.45) is 10.9 Å². The molecule has 0 spiro atoms. The van der Waals surface area contributed by atoms with Gasteiger partial charge in [-0.15, -0.1) is 10.2 Å². The summed E-state index contributed by atoms with van der Waals surface area (Å²) in [4.78, 5) is 4.65.